The van der Waals surface area contributed by atoms with Gasteiger partial charge in [-0.25, -0.2) is 9.97 Å². The maximum absolute atomic E-state index is 9.10. The lowest BCUT2D eigenvalue weighted by molar-refractivity contribution is 0.151. The number of aliphatic hydroxyl groups is 1. The zero-order valence-corrected chi connectivity index (χ0v) is 10.8. The molecule has 2 rings (SSSR count). The Labute approximate surface area is 105 Å². The van der Waals surface area contributed by atoms with Crippen LogP contribution in [0.2, 0.25) is 0 Å². The van der Waals surface area contributed by atoms with Gasteiger partial charge in [0.25, 0.3) is 0 Å². The average Bonchev–Trinajstić information content (AvgIpc) is 2.71. The van der Waals surface area contributed by atoms with Crippen molar-refractivity contribution < 1.29 is 5.11 Å². The van der Waals surface area contributed by atoms with E-state index in [0.717, 1.165) is 11.0 Å². The minimum Gasteiger partial charge on any atom is -0.395 e. The number of aliphatic hydroxyl groups excluding tert-OH is 1. The van der Waals surface area contributed by atoms with Crippen molar-refractivity contribution in [3.63, 3.8) is 0 Å². The fraction of sp³-hybridized carbons (Fsp3) is 0.545. The van der Waals surface area contributed by atoms with Gasteiger partial charge in [-0.05, 0) is 14.0 Å². The second-order valence-electron chi connectivity index (χ2n) is 4.48. The highest BCUT2D eigenvalue weighted by atomic mass is 16.3. The molecule has 0 saturated heterocycles. The standard InChI is InChI=1S/C11H18N6O/c1-7(6-18)16(2)5-9-14-10(12)8-4-13-17(3)11(8)15-9/h4,7,18H,5-6H2,1-3H3,(H2,12,14,15). The number of aromatic nitrogens is 4. The Balaban J connectivity index is 2.31. The van der Waals surface area contributed by atoms with Crippen LogP contribution >= 0.6 is 0 Å². The number of anilines is 1. The summed E-state index contributed by atoms with van der Waals surface area (Å²) < 4.78 is 1.67. The van der Waals surface area contributed by atoms with Crippen molar-refractivity contribution >= 4 is 16.9 Å². The number of nitrogens with two attached hydrogens (primary N) is 1. The zero-order valence-electron chi connectivity index (χ0n) is 10.8. The van der Waals surface area contributed by atoms with Gasteiger partial charge in [0.05, 0.1) is 24.7 Å². The van der Waals surface area contributed by atoms with Gasteiger partial charge in [-0.2, -0.15) is 5.10 Å². The molecule has 0 bridgehead atoms. The molecule has 2 heterocycles. The second-order valence-corrected chi connectivity index (χ2v) is 4.48. The first kappa shape index (κ1) is 12.7. The number of aryl methyl sites for hydroxylation is 1. The van der Waals surface area contributed by atoms with Crippen molar-refractivity contribution in [2.45, 2.75) is 19.5 Å². The van der Waals surface area contributed by atoms with E-state index in [2.05, 4.69) is 15.1 Å². The van der Waals surface area contributed by atoms with Gasteiger partial charge in [-0.1, -0.05) is 0 Å². The second kappa shape index (κ2) is 4.87. The van der Waals surface area contributed by atoms with Crippen molar-refractivity contribution in [2.24, 2.45) is 7.05 Å². The average molecular weight is 250 g/mol. The van der Waals surface area contributed by atoms with Gasteiger partial charge in [-0.3, -0.25) is 9.58 Å². The molecule has 7 heteroatoms. The molecule has 0 fully saturated rings. The quantitative estimate of drug-likeness (QED) is 0.778. The summed E-state index contributed by atoms with van der Waals surface area (Å²) >= 11 is 0. The number of likely N-dealkylation sites (N-methyl/N-ethyl adjacent to an activating group) is 1. The van der Waals surface area contributed by atoms with Crippen LogP contribution in [0.3, 0.4) is 0 Å². The molecule has 0 aromatic carbocycles. The Morgan fingerprint density at radius 1 is 1.50 bits per heavy atom. The lowest BCUT2D eigenvalue weighted by Gasteiger charge is -2.21. The number of rotatable bonds is 4. The molecule has 2 aromatic heterocycles. The van der Waals surface area contributed by atoms with Crippen LogP contribution < -0.4 is 5.73 Å². The van der Waals surface area contributed by atoms with E-state index < -0.39 is 0 Å². The molecule has 0 aliphatic heterocycles. The first-order chi connectivity index (χ1) is 8.52. The maximum Gasteiger partial charge on any atom is 0.163 e. The van der Waals surface area contributed by atoms with E-state index in [1.165, 1.54) is 0 Å². The van der Waals surface area contributed by atoms with Gasteiger partial charge in [0.2, 0.25) is 0 Å². The molecule has 0 saturated carbocycles. The molecule has 3 N–H and O–H groups in total. The van der Waals surface area contributed by atoms with Crippen LogP contribution in [-0.2, 0) is 13.6 Å². The van der Waals surface area contributed by atoms with Crippen molar-refractivity contribution in [1.82, 2.24) is 24.6 Å². The molecule has 0 radical (unpaired) electrons. The molecule has 7 nitrogen and oxygen atoms in total. The summed E-state index contributed by atoms with van der Waals surface area (Å²) in [5.74, 6) is 1.07. The van der Waals surface area contributed by atoms with Crippen molar-refractivity contribution in [3.05, 3.63) is 12.0 Å². The van der Waals surface area contributed by atoms with Gasteiger partial charge in [0.15, 0.2) is 5.65 Å². The lowest BCUT2D eigenvalue weighted by atomic mass is 10.3. The van der Waals surface area contributed by atoms with Crippen molar-refractivity contribution in [3.8, 4) is 0 Å². The van der Waals surface area contributed by atoms with Crippen LogP contribution in [0.25, 0.3) is 11.0 Å². The van der Waals surface area contributed by atoms with E-state index in [0.29, 0.717) is 18.2 Å². The fourth-order valence-electron chi connectivity index (χ4n) is 1.68. The first-order valence-corrected chi connectivity index (χ1v) is 5.78. The zero-order chi connectivity index (χ0) is 13.3. The summed E-state index contributed by atoms with van der Waals surface area (Å²) in [5, 5.41) is 14.0. The Hall–Kier alpha value is -1.73. The van der Waals surface area contributed by atoms with Gasteiger partial charge < -0.3 is 10.8 Å². The molecule has 0 spiro atoms. The van der Waals surface area contributed by atoms with E-state index in [-0.39, 0.29) is 12.6 Å². The molecular weight excluding hydrogens is 232 g/mol. The summed E-state index contributed by atoms with van der Waals surface area (Å²) in [6.45, 7) is 2.57. The van der Waals surface area contributed by atoms with Crippen LogP contribution in [0, 0.1) is 0 Å². The van der Waals surface area contributed by atoms with E-state index >= 15 is 0 Å². The predicted molar refractivity (Wildman–Crippen MR) is 68.7 cm³/mol. The van der Waals surface area contributed by atoms with Gasteiger partial charge >= 0.3 is 0 Å². The Kier molecular flexibility index (Phi) is 3.44. The summed E-state index contributed by atoms with van der Waals surface area (Å²) in [6.07, 6.45) is 1.66. The van der Waals surface area contributed by atoms with E-state index in [1.807, 2.05) is 25.9 Å². The van der Waals surface area contributed by atoms with Gasteiger partial charge in [-0.15, -0.1) is 0 Å². The summed E-state index contributed by atoms with van der Waals surface area (Å²) in [4.78, 5) is 10.7. The number of hydrogen-bond donors (Lipinski definition) is 2. The number of hydrogen-bond acceptors (Lipinski definition) is 6. The number of nitrogens with zero attached hydrogens (tertiary/aromatic N) is 5. The third kappa shape index (κ3) is 2.27. The van der Waals surface area contributed by atoms with E-state index in [9.17, 15) is 0 Å². The third-order valence-corrected chi connectivity index (χ3v) is 3.08. The molecule has 18 heavy (non-hydrogen) atoms. The highest BCUT2D eigenvalue weighted by Gasteiger charge is 2.13. The fourth-order valence-corrected chi connectivity index (χ4v) is 1.68. The predicted octanol–water partition coefficient (Wildman–Crippen LogP) is -0.242. The summed E-state index contributed by atoms with van der Waals surface area (Å²) in [7, 11) is 3.73. The van der Waals surface area contributed by atoms with Gasteiger partial charge in [0, 0.05) is 13.1 Å². The summed E-state index contributed by atoms with van der Waals surface area (Å²) in [5.41, 5.74) is 6.61. The number of fused-ring (bicyclic) bond motifs is 1. The highest BCUT2D eigenvalue weighted by molar-refractivity contribution is 5.84. The van der Waals surface area contributed by atoms with Crippen LogP contribution in [-0.4, -0.2) is 49.5 Å². The summed E-state index contributed by atoms with van der Waals surface area (Å²) in [6, 6.07) is 0.0528. The minimum absolute atomic E-state index is 0.0528. The van der Waals surface area contributed by atoms with E-state index in [4.69, 9.17) is 10.8 Å². The maximum atomic E-state index is 9.10. The normalized spacial score (nSPS) is 13.4. The largest absolute Gasteiger partial charge is 0.395 e. The van der Waals surface area contributed by atoms with E-state index in [1.54, 1.807) is 10.9 Å². The SMILES string of the molecule is CC(CO)N(C)Cc1nc(N)c2cnn(C)c2n1. The van der Waals surface area contributed by atoms with Crippen LogP contribution in [0.15, 0.2) is 6.20 Å². The van der Waals surface area contributed by atoms with Crippen LogP contribution in [0.1, 0.15) is 12.7 Å². The molecule has 0 aliphatic rings. The number of nitrogen functional groups attached to an aromatic ring is 1. The van der Waals surface area contributed by atoms with Crippen molar-refractivity contribution in [1.29, 1.82) is 0 Å². The molecule has 0 aliphatic carbocycles. The lowest BCUT2D eigenvalue weighted by Crippen LogP contribution is -2.32. The molecule has 0 amide bonds. The smallest absolute Gasteiger partial charge is 0.163 e. The molecule has 2 aromatic rings. The van der Waals surface area contributed by atoms with Gasteiger partial charge in [0.1, 0.15) is 11.6 Å². The molecule has 98 valence electrons. The highest BCUT2D eigenvalue weighted by Crippen LogP contribution is 2.17. The minimum atomic E-state index is 0.0528. The van der Waals surface area contributed by atoms with Crippen molar-refractivity contribution in [2.75, 3.05) is 19.4 Å². The Bertz CT molecular complexity index is 552. The molecular formula is C11H18N6O. The first-order valence-electron chi connectivity index (χ1n) is 5.78. The Morgan fingerprint density at radius 3 is 2.89 bits per heavy atom. The van der Waals surface area contributed by atoms with Crippen LogP contribution in [0.4, 0.5) is 5.82 Å². The van der Waals surface area contributed by atoms with Crippen LogP contribution in [0.5, 0.6) is 0 Å². The molecule has 1 atom stereocenters. The molecule has 1 unspecified atom stereocenters. The third-order valence-electron chi connectivity index (χ3n) is 3.08. The monoisotopic (exact) mass is 250 g/mol. The Morgan fingerprint density at radius 2 is 2.22 bits per heavy atom. The topological polar surface area (TPSA) is 93.1 Å².